The molecule has 5 rings (SSSR count). The Morgan fingerprint density at radius 3 is 2.50 bits per heavy atom. The van der Waals surface area contributed by atoms with Gasteiger partial charge in [0.1, 0.15) is 9.88 Å². The molecule has 0 aliphatic carbocycles. The first kappa shape index (κ1) is 21.6. The van der Waals surface area contributed by atoms with Crippen molar-refractivity contribution in [2.75, 3.05) is 26.2 Å². The molecule has 2 fully saturated rings. The van der Waals surface area contributed by atoms with Crippen molar-refractivity contribution in [1.82, 2.24) is 14.8 Å². The van der Waals surface area contributed by atoms with Crippen LogP contribution in [0, 0.1) is 13.8 Å². The molecule has 0 spiro atoms. The molecular formula is C27H33N3OS. The Labute approximate surface area is 195 Å². The largest absolute Gasteiger partial charge is 0.338 e. The molecule has 2 aliphatic rings. The minimum absolute atomic E-state index is 0.168. The van der Waals surface area contributed by atoms with E-state index >= 15 is 0 Å². The third-order valence-corrected chi connectivity index (χ3v) is 8.43. The quantitative estimate of drug-likeness (QED) is 0.490. The highest BCUT2D eigenvalue weighted by Crippen LogP contribution is 2.35. The Balaban J connectivity index is 1.36. The van der Waals surface area contributed by atoms with E-state index in [0.717, 1.165) is 47.1 Å². The fourth-order valence-electron chi connectivity index (χ4n) is 5.42. The second-order valence-corrected chi connectivity index (χ2v) is 10.4. The summed E-state index contributed by atoms with van der Waals surface area (Å²) in [6, 6.07) is 13.4. The summed E-state index contributed by atoms with van der Waals surface area (Å²) in [4.78, 5) is 23.9. The van der Waals surface area contributed by atoms with Crippen LogP contribution in [-0.4, -0.2) is 52.9 Å². The number of rotatable bonds is 3. The first-order valence-electron chi connectivity index (χ1n) is 12.1. The fraction of sp³-hybridized carbons (Fsp3) is 0.481. The number of thiazole rings is 1. The number of carbonyl (C=O) groups is 1. The number of carbonyl (C=O) groups excluding carboxylic acids is 1. The second-order valence-electron chi connectivity index (χ2n) is 9.38. The van der Waals surface area contributed by atoms with Crippen molar-refractivity contribution in [3.8, 4) is 10.6 Å². The van der Waals surface area contributed by atoms with Crippen LogP contribution in [0.4, 0.5) is 0 Å². The summed E-state index contributed by atoms with van der Waals surface area (Å²) in [6.45, 7) is 8.33. The number of amides is 1. The molecule has 0 bridgehead atoms. The minimum Gasteiger partial charge on any atom is -0.338 e. The van der Waals surface area contributed by atoms with Gasteiger partial charge in [0.05, 0.1) is 5.69 Å². The number of aryl methyl sites for hydroxylation is 2. The molecule has 32 heavy (non-hydrogen) atoms. The number of fused-ring (bicyclic) bond motifs is 1. The first-order valence-corrected chi connectivity index (χ1v) is 12.9. The molecule has 2 aromatic carbocycles. The maximum Gasteiger partial charge on any atom is 0.265 e. The molecule has 1 unspecified atom stereocenters. The lowest BCUT2D eigenvalue weighted by molar-refractivity contribution is 0.0758. The SMILES string of the molecule is Cc1nc(-c2ccc(C)c3ccccc23)sc1C(=O)N1CCCC(N2CCCCC2)CC1. The van der Waals surface area contributed by atoms with Gasteiger partial charge in [0.2, 0.25) is 0 Å². The monoisotopic (exact) mass is 447 g/mol. The van der Waals surface area contributed by atoms with Gasteiger partial charge in [-0.05, 0) is 75.4 Å². The molecule has 1 aromatic heterocycles. The number of nitrogens with zero attached hydrogens (tertiary/aromatic N) is 3. The van der Waals surface area contributed by atoms with Crippen molar-refractivity contribution in [2.45, 2.75) is 58.4 Å². The molecule has 2 saturated heterocycles. The molecule has 0 radical (unpaired) electrons. The molecule has 1 atom stereocenters. The van der Waals surface area contributed by atoms with Crippen LogP contribution in [0.25, 0.3) is 21.3 Å². The molecule has 3 aromatic rings. The van der Waals surface area contributed by atoms with Crippen LogP contribution < -0.4 is 0 Å². The Bertz CT molecular complexity index is 1120. The van der Waals surface area contributed by atoms with Crippen molar-refractivity contribution in [3.05, 3.63) is 52.5 Å². The lowest BCUT2D eigenvalue weighted by Crippen LogP contribution is -2.40. The Kier molecular flexibility index (Phi) is 6.29. The zero-order valence-corrected chi connectivity index (χ0v) is 20.1. The first-order chi connectivity index (χ1) is 15.6. The van der Waals surface area contributed by atoms with Crippen LogP contribution in [0.2, 0.25) is 0 Å². The maximum absolute atomic E-state index is 13.5. The van der Waals surface area contributed by atoms with Gasteiger partial charge in [0.15, 0.2) is 0 Å². The zero-order chi connectivity index (χ0) is 22.1. The van der Waals surface area contributed by atoms with E-state index in [9.17, 15) is 4.79 Å². The third-order valence-electron chi connectivity index (χ3n) is 7.26. The van der Waals surface area contributed by atoms with E-state index in [1.54, 1.807) is 11.3 Å². The predicted molar refractivity (Wildman–Crippen MR) is 133 cm³/mol. The molecule has 0 N–H and O–H groups in total. The Morgan fingerprint density at radius 2 is 1.69 bits per heavy atom. The Morgan fingerprint density at radius 1 is 0.906 bits per heavy atom. The Hall–Kier alpha value is -2.24. The highest BCUT2D eigenvalue weighted by Gasteiger charge is 2.28. The summed E-state index contributed by atoms with van der Waals surface area (Å²) in [6.07, 6.45) is 7.44. The van der Waals surface area contributed by atoms with E-state index in [-0.39, 0.29) is 5.91 Å². The predicted octanol–water partition coefficient (Wildman–Crippen LogP) is 6.06. The molecule has 168 valence electrons. The molecule has 1 amide bonds. The number of piperidine rings is 1. The fourth-order valence-corrected chi connectivity index (χ4v) is 6.49. The lowest BCUT2D eigenvalue weighted by atomic mass is 10.0. The normalized spacial score (nSPS) is 20.4. The van der Waals surface area contributed by atoms with Gasteiger partial charge in [-0.15, -0.1) is 11.3 Å². The molecule has 2 aliphatic heterocycles. The van der Waals surface area contributed by atoms with Crippen molar-refractivity contribution < 1.29 is 4.79 Å². The summed E-state index contributed by atoms with van der Waals surface area (Å²) >= 11 is 1.56. The van der Waals surface area contributed by atoms with E-state index in [4.69, 9.17) is 4.98 Å². The van der Waals surface area contributed by atoms with Crippen molar-refractivity contribution in [3.63, 3.8) is 0 Å². The van der Waals surface area contributed by atoms with Gasteiger partial charge in [-0.25, -0.2) is 4.98 Å². The van der Waals surface area contributed by atoms with E-state index in [1.165, 1.54) is 55.1 Å². The average Bonchev–Trinajstić information content (AvgIpc) is 3.04. The van der Waals surface area contributed by atoms with Crippen LogP contribution in [0.15, 0.2) is 36.4 Å². The van der Waals surface area contributed by atoms with E-state index in [2.05, 4.69) is 53.1 Å². The van der Waals surface area contributed by atoms with Gasteiger partial charge < -0.3 is 9.80 Å². The van der Waals surface area contributed by atoms with Crippen LogP contribution in [0.5, 0.6) is 0 Å². The second kappa shape index (κ2) is 9.32. The van der Waals surface area contributed by atoms with Crippen LogP contribution in [-0.2, 0) is 0 Å². The van der Waals surface area contributed by atoms with Gasteiger partial charge in [-0.1, -0.05) is 42.8 Å². The number of likely N-dealkylation sites (tertiary alicyclic amines) is 2. The maximum atomic E-state index is 13.5. The smallest absolute Gasteiger partial charge is 0.265 e. The molecule has 4 nitrogen and oxygen atoms in total. The number of hydrogen-bond acceptors (Lipinski definition) is 4. The van der Waals surface area contributed by atoms with Gasteiger partial charge in [0.25, 0.3) is 5.91 Å². The summed E-state index contributed by atoms with van der Waals surface area (Å²) in [5.41, 5.74) is 3.25. The zero-order valence-electron chi connectivity index (χ0n) is 19.3. The number of aromatic nitrogens is 1. The topological polar surface area (TPSA) is 36.4 Å². The highest BCUT2D eigenvalue weighted by molar-refractivity contribution is 7.17. The number of hydrogen-bond donors (Lipinski definition) is 0. The number of benzene rings is 2. The molecule has 5 heteroatoms. The minimum atomic E-state index is 0.168. The van der Waals surface area contributed by atoms with Gasteiger partial charge in [0, 0.05) is 24.7 Å². The summed E-state index contributed by atoms with van der Waals surface area (Å²) < 4.78 is 0. The summed E-state index contributed by atoms with van der Waals surface area (Å²) in [5, 5.41) is 3.41. The van der Waals surface area contributed by atoms with Gasteiger partial charge in [-0.3, -0.25) is 4.79 Å². The van der Waals surface area contributed by atoms with Crippen LogP contribution in [0.1, 0.15) is 59.5 Å². The standard InChI is InChI=1S/C27H33N3OS/c1-19-12-13-24(23-11-5-4-10-22(19)23)26-28-20(2)25(32-26)27(31)30-17-8-9-21(14-18-30)29-15-6-3-7-16-29/h4-5,10-13,21H,3,6-9,14-18H2,1-2H3. The van der Waals surface area contributed by atoms with Crippen LogP contribution >= 0.6 is 11.3 Å². The molecule has 3 heterocycles. The van der Waals surface area contributed by atoms with Gasteiger partial charge in [-0.2, -0.15) is 0 Å². The van der Waals surface area contributed by atoms with E-state index in [0.29, 0.717) is 6.04 Å². The summed E-state index contributed by atoms with van der Waals surface area (Å²) in [5.74, 6) is 0.168. The van der Waals surface area contributed by atoms with Crippen molar-refractivity contribution in [2.24, 2.45) is 0 Å². The van der Waals surface area contributed by atoms with Crippen molar-refractivity contribution in [1.29, 1.82) is 0 Å². The molecular weight excluding hydrogens is 414 g/mol. The molecule has 0 saturated carbocycles. The van der Waals surface area contributed by atoms with Crippen LogP contribution in [0.3, 0.4) is 0 Å². The van der Waals surface area contributed by atoms with Crippen molar-refractivity contribution >= 4 is 28.0 Å². The average molecular weight is 448 g/mol. The third kappa shape index (κ3) is 4.20. The van der Waals surface area contributed by atoms with Gasteiger partial charge >= 0.3 is 0 Å². The van der Waals surface area contributed by atoms with E-state index < -0.39 is 0 Å². The van der Waals surface area contributed by atoms with E-state index in [1.807, 2.05) is 6.92 Å². The summed E-state index contributed by atoms with van der Waals surface area (Å²) in [7, 11) is 0. The highest BCUT2D eigenvalue weighted by atomic mass is 32.1. The lowest BCUT2D eigenvalue weighted by Gasteiger charge is -2.34.